The van der Waals surface area contributed by atoms with E-state index < -0.39 is 0 Å². The van der Waals surface area contributed by atoms with Crippen LogP contribution >= 0.6 is 0 Å². The normalized spacial score (nSPS) is 10.8. The monoisotopic (exact) mass is 426 g/mol. The number of nitrogens with zero attached hydrogens (tertiary/aromatic N) is 2. The van der Waals surface area contributed by atoms with Crippen LogP contribution in [-0.2, 0) is 6.42 Å². The lowest BCUT2D eigenvalue weighted by molar-refractivity contribution is 0.0963. The summed E-state index contributed by atoms with van der Waals surface area (Å²) in [5.41, 5.74) is 5.88. The van der Waals surface area contributed by atoms with Crippen molar-refractivity contribution in [2.45, 2.75) is 26.7 Å². The van der Waals surface area contributed by atoms with Crippen LogP contribution in [0.25, 0.3) is 38.1 Å². The molecule has 32 heavy (non-hydrogen) atoms. The molecular formula is C26H23FN4O. The molecule has 1 heterocycles. The van der Waals surface area contributed by atoms with Crippen LogP contribution in [0.15, 0.2) is 48.5 Å². The number of aromatic amines is 1. The Bertz CT molecular complexity index is 1340. The molecule has 5 nitrogen and oxygen atoms in total. The van der Waals surface area contributed by atoms with E-state index >= 15 is 4.39 Å². The predicted octanol–water partition coefficient (Wildman–Crippen LogP) is 6.21. The van der Waals surface area contributed by atoms with E-state index in [1.807, 2.05) is 31.2 Å². The van der Waals surface area contributed by atoms with Gasteiger partial charge in [0.15, 0.2) is 5.69 Å². The zero-order valence-corrected chi connectivity index (χ0v) is 18.2. The Morgan fingerprint density at radius 2 is 1.94 bits per heavy atom. The van der Waals surface area contributed by atoms with Gasteiger partial charge in [0.25, 0.3) is 5.91 Å². The van der Waals surface area contributed by atoms with E-state index in [1.165, 1.54) is 0 Å². The number of H-pyrrole nitrogens is 1. The molecule has 0 radical (unpaired) electrons. The highest BCUT2D eigenvalue weighted by molar-refractivity contribution is 6.01. The van der Waals surface area contributed by atoms with Crippen molar-refractivity contribution in [3.05, 3.63) is 82.5 Å². The van der Waals surface area contributed by atoms with Crippen molar-refractivity contribution in [1.82, 2.24) is 15.5 Å². The number of benzene rings is 3. The number of nitrogens with one attached hydrogen (secondary N) is 2. The van der Waals surface area contributed by atoms with Crippen molar-refractivity contribution in [3.8, 4) is 22.4 Å². The van der Waals surface area contributed by atoms with Crippen LogP contribution in [0.3, 0.4) is 0 Å². The van der Waals surface area contributed by atoms with E-state index in [-0.39, 0.29) is 11.7 Å². The molecule has 160 valence electrons. The quantitative estimate of drug-likeness (QED) is 0.373. The SMILES string of the molecule is [C-]#[N+]c1cc2[nH]nc(-c3ccc(C(=O)NC)cc3)c2cc1-c1c(C)cc(CCC)cc1F. The lowest BCUT2D eigenvalue weighted by Crippen LogP contribution is -2.17. The fourth-order valence-corrected chi connectivity index (χ4v) is 4.08. The zero-order valence-electron chi connectivity index (χ0n) is 18.2. The van der Waals surface area contributed by atoms with Gasteiger partial charge >= 0.3 is 0 Å². The van der Waals surface area contributed by atoms with Gasteiger partial charge in [0, 0.05) is 29.1 Å². The molecule has 1 aromatic heterocycles. The molecule has 3 aromatic carbocycles. The van der Waals surface area contributed by atoms with Gasteiger partial charge in [0.2, 0.25) is 0 Å². The minimum Gasteiger partial charge on any atom is -0.355 e. The second-order valence-corrected chi connectivity index (χ2v) is 7.77. The number of aryl methyl sites for hydroxylation is 2. The molecule has 2 N–H and O–H groups in total. The van der Waals surface area contributed by atoms with Crippen molar-refractivity contribution >= 4 is 22.5 Å². The third-order valence-electron chi connectivity index (χ3n) is 5.60. The first-order valence-electron chi connectivity index (χ1n) is 10.5. The highest BCUT2D eigenvalue weighted by Crippen LogP contribution is 2.40. The molecule has 0 unspecified atom stereocenters. The molecule has 0 saturated carbocycles. The largest absolute Gasteiger partial charge is 0.355 e. The summed E-state index contributed by atoms with van der Waals surface area (Å²) in [7, 11) is 1.59. The van der Waals surface area contributed by atoms with E-state index in [9.17, 15) is 4.79 Å². The maximum Gasteiger partial charge on any atom is 0.251 e. The molecule has 4 rings (SSSR count). The first-order valence-corrected chi connectivity index (χ1v) is 10.5. The summed E-state index contributed by atoms with van der Waals surface area (Å²) >= 11 is 0. The van der Waals surface area contributed by atoms with Crippen LogP contribution < -0.4 is 5.32 Å². The topological polar surface area (TPSA) is 62.1 Å². The molecule has 0 aliphatic heterocycles. The fraction of sp³-hybridized carbons (Fsp3) is 0.192. The molecule has 0 fully saturated rings. The van der Waals surface area contributed by atoms with Crippen molar-refractivity contribution in [2.75, 3.05) is 7.05 Å². The van der Waals surface area contributed by atoms with Crippen LogP contribution in [0.5, 0.6) is 0 Å². The average Bonchev–Trinajstić information content (AvgIpc) is 3.20. The number of hydrogen-bond donors (Lipinski definition) is 2. The molecule has 0 aliphatic rings. The third-order valence-corrected chi connectivity index (χ3v) is 5.60. The van der Waals surface area contributed by atoms with Gasteiger partial charge in [0.1, 0.15) is 5.82 Å². The molecule has 6 heteroatoms. The Morgan fingerprint density at radius 1 is 1.19 bits per heavy atom. The number of fused-ring (bicyclic) bond motifs is 1. The van der Waals surface area contributed by atoms with Crippen LogP contribution in [0.4, 0.5) is 10.1 Å². The first-order chi connectivity index (χ1) is 15.5. The van der Waals surface area contributed by atoms with Gasteiger partial charge in [-0.15, -0.1) is 0 Å². The minimum atomic E-state index is -0.322. The average molecular weight is 426 g/mol. The number of rotatable bonds is 5. The number of amides is 1. The molecule has 0 saturated heterocycles. The summed E-state index contributed by atoms with van der Waals surface area (Å²) in [5.74, 6) is -0.484. The molecule has 0 atom stereocenters. The van der Waals surface area contributed by atoms with Gasteiger partial charge in [-0.05, 0) is 54.3 Å². The van der Waals surface area contributed by atoms with Crippen molar-refractivity contribution in [3.63, 3.8) is 0 Å². The Hall–Kier alpha value is -3.98. The van der Waals surface area contributed by atoms with Crippen LogP contribution in [0.2, 0.25) is 0 Å². The number of hydrogen-bond acceptors (Lipinski definition) is 2. The Kier molecular flexibility index (Phi) is 5.74. The Labute approximate surface area is 186 Å². The molecule has 1 amide bonds. The molecule has 0 aliphatic carbocycles. The lowest BCUT2D eigenvalue weighted by atomic mass is 9.93. The van der Waals surface area contributed by atoms with Gasteiger partial charge in [-0.2, -0.15) is 5.10 Å². The van der Waals surface area contributed by atoms with Gasteiger partial charge < -0.3 is 5.32 Å². The van der Waals surface area contributed by atoms with Crippen LogP contribution in [0, 0.1) is 19.3 Å². The van der Waals surface area contributed by atoms with Gasteiger partial charge in [-0.3, -0.25) is 9.89 Å². The highest BCUT2D eigenvalue weighted by Gasteiger charge is 2.18. The highest BCUT2D eigenvalue weighted by atomic mass is 19.1. The summed E-state index contributed by atoms with van der Waals surface area (Å²) in [5, 5.41) is 10.8. The van der Waals surface area contributed by atoms with Crippen molar-refractivity contribution < 1.29 is 9.18 Å². The maximum atomic E-state index is 15.2. The van der Waals surface area contributed by atoms with E-state index in [0.717, 1.165) is 34.9 Å². The summed E-state index contributed by atoms with van der Waals surface area (Å²) in [6.45, 7) is 11.6. The minimum absolute atomic E-state index is 0.162. The van der Waals surface area contributed by atoms with Gasteiger partial charge in [-0.1, -0.05) is 37.6 Å². The molecule has 4 aromatic rings. The molecular weight excluding hydrogens is 403 g/mol. The number of aromatic nitrogens is 2. The number of carbonyl (C=O) groups is 1. The lowest BCUT2D eigenvalue weighted by Gasteiger charge is -2.13. The van der Waals surface area contributed by atoms with E-state index in [1.54, 1.807) is 31.3 Å². The third kappa shape index (κ3) is 3.74. The first kappa shape index (κ1) is 21.3. The number of carbonyl (C=O) groups excluding carboxylic acids is 1. The smallest absolute Gasteiger partial charge is 0.251 e. The van der Waals surface area contributed by atoms with E-state index in [2.05, 4.69) is 27.3 Å². The summed E-state index contributed by atoms with van der Waals surface area (Å²) in [6.07, 6.45) is 1.75. The van der Waals surface area contributed by atoms with Crippen molar-refractivity contribution in [2.24, 2.45) is 0 Å². The summed E-state index contributed by atoms with van der Waals surface area (Å²) in [4.78, 5) is 15.5. The van der Waals surface area contributed by atoms with Crippen LogP contribution in [-0.4, -0.2) is 23.2 Å². The van der Waals surface area contributed by atoms with Crippen LogP contribution in [0.1, 0.15) is 34.8 Å². The standard InChI is InChI=1S/C26H23FN4O/c1-5-6-16-11-15(2)24(21(27)12-16)19-13-20-23(14-22(19)28-3)30-31-25(20)17-7-9-18(10-8-17)26(32)29-4/h7-14H,5-6H2,1-2,4H3,(H,29,32)(H,30,31). The summed E-state index contributed by atoms with van der Waals surface area (Å²) in [6, 6.07) is 14.2. The molecule has 0 spiro atoms. The second kappa shape index (κ2) is 8.64. The maximum absolute atomic E-state index is 15.2. The van der Waals surface area contributed by atoms with E-state index in [4.69, 9.17) is 6.57 Å². The Balaban J connectivity index is 1.87. The fourth-order valence-electron chi connectivity index (χ4n) is 4.08. The predicted molar refractivity (Wildman–Crippen MR) is 125 cm³/mol. The van der Waals surface area contributed by atoms with Gasteiger partial charge in [-0.25, -0.2) is 9.24 Å². The van der Waals surface area contributed by atoms with E-state index in [0.29, 0.717) is 33.6 Å². The zero-order chi connectivity index (χ0) is 22.8. The second-order valence-electron chi connectivity index (χ2n) is 7.77. The molecule has 0 bridgehead atoms. The number of halogens is 1. The Morgan fingerprint density at radius 3 is 2.56 bits per heavy atom. The summed E-state index contributed by atoms with van der Waals surface area (Å²) < 4.78 is 15.2. The van der Waals surface area contributed by atoms with Gasteiger partial charge in [0.05, 0.1) is 17.8 Å². The van der Waals surface area contributed by atoms with Crippen molar-refractivity contribution in [1.29, 1.82) is 0 Å².